The van der Waals surface area contributed by atoms with Crippen molar-refractivity contribution in [2.75, 3.05) is 18.4 Å². The molecule has 0 aliphatic carbocycles. The summed E-state index contributed by atoms with van der Waals surface area (Å²) in [6.45, 7) is 3.59. The molecule has 122 valence electrons. The number of nitrogens with one attached hydrogen (secondary N) is 2. The molecule has 2 aromatic rings. The highest BCUT2D eigenvalue weighted by atomic mass is 19.2. The average molecular weight is 321 g/mol. The van der Waals surface area contributed by atoms with Gasteiger partial charge in [0, 0.05) is 11.8 Å². The number of amides is 1. The van der Waals surface area contributed by atoms with Crippen LogP contribution in [0, 0.1) is 18.6 Å². The summed E-state index contributed by atoms with van der Waals surface area (Å²) < 4.78 is 27.9. The zero-order chi connectivity index (χ0) is 16.4. The Morgan fingerprint density at radius 2 is 2.04 bits per heavy atom. The summed E-state index contributed by atoms with van der Waals surface area (Å²) in [6, 6.07) is 3.40. The van der Waals surface area contributed by atoms with Gasteiger partial charge in [-0.3, -0.25) is 4.79 Å². The molecule has 1 aromatic carbocycles. The van der Waals surface area contributed by atoms with E-state index in [2.05, 4.69) is 20.9 Å². The first-order valence-corrected chi connectivity index (χ1v) is 7.45. The van der Waals surface area contributed by atoms with Gasteiger partial charge in [0.15, 0.2) is 17.3 Å². The summed E-state index contributed by atoms with van der Waals surface area (Å²) >= 11 is 0. The number of benzene rings is 1. The number of carbonyl (C=O) groups is 1. The number of aromatic nitrogens is 3. The maximum absolute atomic E-state index is 13.2. The highest BCUT2D eigenvalue weighted by Crippen LogP contribution is 2.21. The maximum Gasteiger partial charge on any atom is 0.278 e. The van der Waals surface area contributed by atoms with E-state index in [1.54, 1.807) is 11.6 Å². The van der Waals surface area contributed by atoms with Crippen LogP contribution in [0.5, 0.6) is 0 Å². The highest BCUT2D eigenvalue weighted by Gasteiger charge is 2.23. The van der Waals surface area contributed by atoms with Crippen LogP contribution in [-0.4, -0.2) is 34.0 Å². The minimum atomic E-state index is -1.02. The van der Waals surface area contributed by atoms with Crippen LogP contribution in [0.1, 0.15) is 35.1 Å². The number of carbonyl (C=O) groups excluding carboxylic acids is 1. The zero-order valence-corrected chi connectivity index (χ0v) is 12.6. The molecule has 0 atom stereocenters. The van der Waals surface area contributed by atoms with Crippen molar-refractivity contribution in [3.8, 4) is 0 Å². The smallest absolute Gasteiger partial charge is 0.278 e. The number of hydrogen-bond acceptors (Lipinski definition) is 4. The van der Waals surface area contributed by atoms with Crippen LogP contribution in [-0.2, 0) is 0 Å². The van der Waals surface area contributed by atoms with Crippen LogP contribution < -0.4 is 10.6 Å². The SMILES string of the molecule is Cc1c(C(=O)Nc2ccc(F)c(F)c2)nnn1C1CCNCC1. The van der Waals surface area contributed by atoms with Gasteiger partial charge in [0.1, 0.15) is 0 Å². The molecule has 1 aliphatic rings. The average Bonchev–Trinajstić information content (AvgIpc) is 2.93. The van der Waals surface area contributed by atoms with Gasteiger partial charge >= 0.3 is 0 Å². The van der Waals surface area contributed by atoms with Crippen molar-refractivity contribution in [3.63, 3.8) is 0 Å². The second-order valence-electron chi connectivity index (χ2n) is 5.53. The number of rotatable bonds is 3. The van der Waals surface area contributed by atoms with Crippen LogP contribution in [0.25, 0.3) is 0 Å². The summed E-state index contributed by atoms with van der Waals surface area (Å²) in [6.07, 6.45) is 1.85. The van der Waals surface area contributed by atoms with E-state index in [9.17, 15) is 13.6 Å². The van der Waals surface area contributed by atoms with E-state index in [1.807, 2.05) is 0 Å². The van der Waals surface area contributed by atoms with Crippen molar-refractivity contribution in [2.24, 2.45) is 0 Å². The predicted molar refractivity (Wildman–Crippen MR) is 80.2 cm³/mol. The zero-order valence-electron chi connectivity index (χ0n) is 12.6. The van der Waals surface area contributed by atoms with Crippen molar-refractivity contribution in [1.82, 2.24) is 20.3 Å². The van der Waals surface area contributed by atoms with Gasteiger partial charge in [-0.05, 0) is 45.0 Å². The lowest BCUT2D eigenvalue weighted by Crippen LogP contribution is -2.30. The van der Waals surface area contributed by atoms with E-state index in [-0.39, 0.29) is 17.4 Å². The van der Waals surface area contributed by atoms with Crippen LogP contribution in [0.15, 0.2) is 18.2 Å². The van der Waals surface area contributed by atoms with Crippen LogP contribution >= 0.6 is 0 Å². The van der Waals surface area contributed by atoms with Crippen molar-refractivity contribution in [2.45, 2.75) is 25.8 Å². The molecular formula is C15H17F2N5O. The van der Waals surface area contributed by atoms with Crippen LogP contribution in [0.3, 0.4) is 0 Å². The fourth-order valence-electron chi connectivity index (χ4n) is 2.71. The molecule has 1 saturated heterocycles. The lowest BCUT2D eigenvalue weighted by Gasteiger charge is -2.23. The highest BCUT2D eigenvalue weighted by molar-refractivity contribution is 6.03. The fourth-order valence-corrected chi connectivity index (χ4v) is 2.71. The van der Waals surface area contributed by atoms with Gasteiger partial charge in [0.2, 0.25) is 0 Å². The predicted octanol–water partition coefficient (Wildman–Crippen LogP) is 2.04. The molecule has 6 nitrogen and oxygen atoms in total. The van der Waals surface area contributed by atoms with Crippen molar-refractivity contribution < 1.29 is 13.6 Å². The number of piperidine rings is 1. The van der Waals surface area contributed by atoms with Gasteiger partial charge in [-0.1, -0.05) is 5.21 Å². The molecule has 1 amide bonds. The molecule has 1 aliphatic heterocycles. The summed E-state index contributed by atoms with van der Waals surface area (Å²) in [4.78, 5) is 12.3. The van der Waals surface area contributed by atoms with E-state index in [0.717, 1.165) is 38.1 Å². The minimum absolute atomic E-state index is 0.171. The number of nitrogens with zero attached hydrogens (tertiary/aromatic N) is 3. The van der Waals surface area contributed by atoms with Crippen molar-refractivity contribution in [1.29, 1.82) is 0 Å². The third kappa shape index (κ3) is 3.21. The molecule has 3 rings (SSSR count). The standard InChI is InChI=1S/C15H17F2N5O/c1-9-14(20-21-22(9)11-4-6-18-7-5-11)15(23)19-10-2-3-12(16)13(17)8-10/h2-3,8,11,18H,4-7H2,1H3,(H,19,23). The largest absolute Gasteiger partial charge is 0.320 e. The van der Waals surface area contributed by atoms with Crippen molar-refractivity contribution in [3.05, 3.63) is 41.2 Å². The van der Waals surface area contributed by atoms with Crippen molar-refractivity contribution >= 4 is 11.6 Å². The molecular weight excluding hydrogens is 304 g/mol. The third-order valence-electron chi connectivity index (χ3n) is 3.97. The second kappa shape index (κ2) is 6.41. The quantitative estimate of drug-likeness (QED) is 0.907. The fraction of sp³-hybridized carbons (Fsp3) is 0.400. The molecule has 1 aromatic heterocycles. The van der Waals surface area contributed by atoms with Gasteiger partial charge < -0.3 is 10.6 Å². The normalized spacial score (nSPS) is 15.6. The lowest BCUT2D eigenvalue weighted by atomic mass is 10.1. The lowest BCUT2D eigenvalue weighted by molar-refractivity contribution is 0.102. The Bertz CT molecular complexity index is 725. The van der Waals surface area contributed by atoms with E-state index in [0.29, 0.717) is 5.69 Å². The van der Waals surface area contributed by atoms with Crippen LogP contribution in [0.2, 0.25) is 0 Å². The Balaban J connectivity index is 1.77. The van der Waals surface area contributed by atoms with Gasteiger partial charge in [0.05, 0.1) is 11.7 Å². The Labute approximate surface area is 131 Å². The third-order valence-corrected chi connectivity index (χ3v) is 3.97. The van der Waals surface area contributed by atoms with Gasteiger partial charge in [-0.25, -0.2) is 13.5 Å². The summed E-state index contributed by atoms with van der Waals surface area (Å²) in [5.74, 6) is -2.47. The van der Waals surface area contributed by atoms with Gasteiger partial charge in [-0.15, -0.1) is 5.10 Å². The van der Waals surface area contributed by atoms with Gasteiger partial charge in [-0.2, -0.15) is 0 Å². The molecule has 0 bridgehead atoms. The molecule has 0 spiro atoms. The Morgan fingerprint density at radius 1 is 1.30 bits per heavy atom. The summed E-state index contributed by atoms with van der Waals surface area (Å²) in [5.41, 5.74) is 1.02. The van der Waals surface area contributed by atoms with Gasteiger partial charge in [0.25, 0.3) is 5.91 Å². The number of hydrogen-bond donors (Lipinski definition) is 2. The first-order valence-electron chi connectivity index (χ1n) is 7.45. The molecule has 0 saturated carbocycles. The second-order valence-corrected chi connectivity index (χ2v) is 5.53. The minimum Gasteiger partial charge on any atom is -0.320 e. The maximum atomic E-state index is 13.2. The monoisotopic (exact) mass is 321 g/mol. The molecule has 0 unspecified atom stereocenters. The molecule has 8 heteroatoms. The Kier molecular flexibility index (Phi) is 4.33. The first-order chi connectivity index (χ1) is 11.1. The van der Waals surface area contributed by atoms with E-state index in [4.69, 9.17) is 0 Å². The first kappa shape index (κ1) is 15.5. The van der Waals surface area contributed by atoms with E-state index in [1.165, 1.54) is 6.07 Å². The summed E-state index contributed by atoms with van der Waals surface area (Å²) in [5, 5.41) is 13.8. The number of anilines is 1. The Morgan fingerprint density at radius 3 is 2.74 bits per heavy atom. The summed E-state index contributed by atoms with van der Waals surface area (Å²) in [7, 11) is 0. The molecule has 2 heterocycles. The number of halogens is 2. The van der Waals surface area contributed by atoms with Crippen LogP contribution in [0.4, 0.5) is 14.5 Å². The Hall–Kier alpha value is -2.35. The van der Waals surface area contributed by atoms with E-state index >= 15 is 0 Å². The molecule has 2 N–H and O–H groups in total. The van der Waals surface area contributed by atoms with E-state index < -0.39 is 17.5 Å². The molecule has 23 heavy (non-hydrogen) atoms. The topological polar surface area (TPSA) is 71.8 Å². The molecule has 0 radical (unpaired) electrons. The molecule has 1 fully saturated rings.